The molecule has 0 bridgehead atoms. The fourth-order valence-corrected chi connectivity index (χ4v) is 3.36. The fourth-order valence-electron chi connectivity index (χ4n) is 2.52. The van der Waals surface area contributed by atoms with Crippen LogP contribution in [0.1, 0.15) is 36.9 Å². The number of nitrogens with zero attached hydrogens (tertiary/aromatic N) is 1. The summed E-state index contributed by atoms with van der Waals surface area (Å²) in [6, 6.07) is 7.58. The summed E-state index contributed by atoms with van der Waals surface area (Å²) < 4.78 is 5.14. The largest absolute Gasteiger partial charge is 0.497 e. The molecule has 2 rings (SSSR count). The van der Waals surface area contributed by atoms with Gasteiger partial charge in [-0.1, -0.05) is 13.8 Å². The van der Waals surface area contributed by atoms with Gasteiger partial charge in [0.2, 0.25) is 0 Å². The summed E-state index contributed by atoms with van der Waals surface area (Å²) in [4.78, 5) is 17.2. The number of rotatable bonds is 7. The molecule has 0 radical (unpaired) electrons. The number of carbonyl (C=O) groups excluding carboxylic acids is 1. The van der Waals surface area contributed by atoms with Gasteiger partial charge >= 0.3 is 0 Å². The minimum absolute atomic E-state index is 0.133. The minimum Gasteiger partial charge on any atom is -0.497 e. The van der Waals surface area contributed by atoms with E-state index in [1.165, 1.54) is 11.3 Å². The van der Waals surface area contributed by atoms with Crippen molar-refractivity contribution in [3.8, 4) is 16.3 Å². The van der Waals surface area contributed by atoms with E-state index in [0.717, 1.165) is 16.3 Å². The molecule has 5 nitrogen and oxygen atoms in total. The molecule has 2 aromatic rings. The number of aliphatic hydroxyl groups is 1. The van der Waals surface area contributed by atoms with E-state index in [1.807, 2.05) is 38.1 Å². The van der Waals surface area contributed by atoms with E-state index in [4.69, 9.17) is 4.74 Å². The predicted molar refractivity (Wildman–Crippen MR) is 96.5 cm³/mol. The Balaban J connectivity index is 2.00. The lowest BCUT2D eigenvalue weighted by molar-refractivity contribution is 0.0905. The second-order valence-electron chi connectivity index (χ2n) is 6.66. The van der Waals surface area contributed by atoms with Gasteiger partial charge in [0.25, 0.3) is 5.91 Å². The molecule has 0 aliphatic carbocycles. The van der Waals surface area contributed by atoms with Crippen molar-refractivity contribution in [2.75, 3.05) is 13.7 Å². The number of carbonyl (C=O) groups is 1. The standard InChI is InChI=1S/C18H24N2O3S/c1-12(21)9-18(2,3)11-20-16(22)15-10-19-17(24-15)13-5-7-14(23-4)8-6-13/h5-8,10,12,21H,9,11H2,1-4H3,(H,20,22). The fraction of sp³-hybridized carbons (Fsp3) is 0.444. The number of methoxy groups -OCH3 is 1. The van der Waals surface area contributed by atoms with Crippen LogP contribution in [0.2, 0.25) is 0 Å². The van der Waals surface area contributed by atoms with Gasteiger partial charge in [-0.15, -0.1) is 11.3 Å². The van der Waals surface area contributed by atoms with Crippen molar-refractivity contribution in [3.05, 3.63) is 35.3 Å². The van der Waals surface area contributed by atoms with Crippen LogP contribution in [-0.4, -0.2) is 35.8 Å². The maximum absolute atomic E-state index is 12.3. The number of aromatic nitrogens is 1. The normalized spacial score (nSPS) is 12.7. The Labute approximate surface area is 146 Å². The van der Waals surface area contributed by atoms with Gasteiger partial charge in [0.15, 0.2) is 0 Å². The van der Waals surface area contributed by atoms with E-state index >= 15 is 0 Å². The molecule has 0 spiro atoms. The molecule has 0 saturated carbocycles. The number of thiazole rings is 1. The number of hydrogen-bond donors (Lipinski definition) is 2. The number of aliphatic hydroxyl groups excluding tert-OH is 1. The van der Waals surface area contributed by atoms with E-state index < -0.39 is 0 Å². The zero-order valence-electron chi connectivity index (χ0n) is 14.5. The lowest BCUT2D eigenvalue weighted by Gasteiger charge is -2.26. The molecule has 0 saturated heterocycles. The third-order valence-electron chi connectivity index (χ3n) is 3.64. The van der Waals surface area contributed by atoms with E-state index in [-0.39, 0.29) is 17.4 Å². The van der Waals surface area contributed by atoms with E-state index in [1.54, 1.807) is 20.2 Å². The molecule has 1 amide bonds. The van der Waals surface area contributed by atoms with Crippen LogP contribution in [0, 0.1) is 5.41 Å². The molecule has 2 N–H and O–H groups in total. The summed E-state index contributed by atoms with van der Waals surface area (Å²) in [6.07, 6.45) is 1.84. The van der Waals surface area contributed by atoms with Crippen molar-refractivity contribution in [3.63, 3.8) is 0 Å². The average Bonchev–Trinajstić information content (AvgIpc) is 3.01. The number of ether oxygens (including phenoxy) is 1. The highest BCUT2D eigenvalue weighted by molar-refractivity contribution is 7.16. The molecular weight excluding hydrogens is 324 g/mol. The summed E-state index contributed by atoms with van der Waals surface area (Å²) in [5.74, 6) is 0.652. The van der Waals surface area contributed by atoms with E-state index in [0.29, 0.717) is 17.8 Å². The van der Waals surface area contributed by atoms with Crippen molar-refractivity contribution in [1.82, 2.24) is 10.3 Å². The van der Waals surface area contributed by atoms with Crippen LogP contribution in [0.5, 0.6) is 5.75 Å². The molecular formula is C18H24N2O3S. The van der Waals surface area contributed by atoms with Crippen LogP contribution >= 0.6 is 11.3 Å². The molecule has 1 unspecified atom stereocenters. The highest BCUT2D eigenvalue weighted by Gasteiger charge is 2.22. The van der Waals surface area contributed by atoms with Crippen molar-refractivity contribution in [1.29, 1.82) is 0 Å². The highest BCUT2D eigenvalue weighted by Crippen LogP contribution is 2.27. The first-order chi connectivity index (χ1) is 11.3. The number of amides is 1. The Morgan fingerprint density at radius 3 is 2.62 bits per heavy atom. The van der Waals surface area contributed by atoms with Crippen molar-refractivity contribution in [2.45, 2.75) is 33.3 Å². The smallest absolute Gasteiger partial charge is 0.263 e. The first-order valence-corrected chi connectivity index (χ1v) is 8.69. The summed E-state index contributed by atoms with van der Waals surface area (Å²) in [6.45, 7) is 6.31. The zero-order chi connectivity index (χ0) is 17.7. The van der Waals surface area contributed by atoms with Crippen molar-refractivity contribution < 1.29 is 14.6 Å². The van der Waals surface area contributed by atoms with E-state index in [2.05, 4.69) is 10.3 Å². The van der Waals surface area contributed by atoms with Crippen molar-refractivity contribution >= 4 is 17.2 Å². The van der Waals surface area contributed by atoms with Gasteiger partial charge in [0, 0.05) is 12.1 Å². The topological polar surface area (TPSA) is 71.5 Å². The molecule has 0 fully saturated rings. The third-order valence-corrected chi connectivity index (χ3v) is 4.69. The third kappa shape index (κ3) is 5.04. The molecule has 1 aromatic carbocycles. The summed E-state index contributed by atoms with van der Waals surface area (Å²) in [7, 11) is 1.62. The molecule has 1 heterocycles. The molecule has 24 heavy (non-hydrogen) atoms. The molecule has 6 heteroatoms. The zero-order valence-corrected chi connectivity index (χ0v) is 15.3. The highest BCUT2D eigenvalue weighted by atomic mass is 32.1. The quantitative estimate of drug-likeness (QED) is 0.805. The minimum atomic E-state index is -0.387. The monoisotopic (exact) mass is 348 g/mol. The molecule has 1 aromatic heterocycles. The Morgan fingerprint density at radius 2 is 2.04 bits per heavy atom. The van der Waals surface area contributed by atoms with Crippen LogP contribution in [-0.2, 0) is 0 Å². The Bertz CT molecular complexity index is 678. The van der Waals surface area contributed by atoms with Crippen molar-refractivity contribution in [2.24, 2.45) is 5.41 Å². The molecule has 0 aliphatic rings. The van der Waals surface area contributed by atoms with Gasteiger partial charge in [0.1, 0.15) is 15.6 Å². The van der Waals surface area contributed by atoms with Crippen LogP contribution in [0.25, 0.3) is 10.6 Å². The number of hydrogen-bond acceptors (Lipinski definition) is 5. The van der Waals surface area contributed by atoms with Gasteiger partial charge in [0.05, 0.1) is 19.4 Å². The van der Waals surface area contributed by atoms with Crippen LogP contribution in [0.4, 0.5) is 0 Å². The second-order valence-corrected chi connectivity index (χ2v) is 7.69. The first kappa shape index (κ1) is 18.4. The molecule has 0 aliphatic heterocycles. The lowest BCUT2D eigenvalue weighted by Crippen LogP contribution is -2.35. The Hall–Kier alpha value is -1.92. The first-order valence-electron chi connectivity index (χ1n) is 7.87. The maximum Gasteiger partial charge on any atom is 0.263 e. The van der Waals surface area contributed by atoms with Gasteiger partial charge in [-0.05, 0) is 43.0 Å². The summed E-state index contributed by atoms with van der Waals surface area (Å²) >= 11 is 1.36. The predicted octanol–water partition coefficient (Wildman–Crippen LogP) is 3.35. The van der Waals surface area contributed by atoms with Crippen LogP contribution < -0.4 is 10.1 Å². The van der Waals surface area contributed by atoms with Gasteiger partial charge in [-0.25, -0.2) is 4.98 Å². The number of benzene rings is 1. The molecule has 1 atom stereocenters. The SMILES string of the molecule is COc1ccc(-c2ncc(C(=O)NCC(C)(C)CC(C)O)s2)cc1. The van der Waals surface area contributed by atoms with Crippen LogP contribution in [0.3, 0.4) is 0 Å². The van der Waals surface area contributed by atoms with Gasteiger partial charge in [-0.2, -0.15) is 0 Å². The lowest BCUT2D eigenvalue weighted by atomic mass is 9.87. The Kier molecular flexibility index (Phi) is 5.96. The maximum atomic E-state index is 12.3. The summed E-state index contributed by atoms with van der Waals surface area (Å²) in [5, 5.41) is 13.2. The number of nitrogens with one attached hydrogen (secondary N) is 1. The summed E-state index contributed by atoms with van der Waals surface area (Å²) in [5.41, 5.74) is 0.794. The van der Waals surface area contributed by atoms with Gasteiger partial charge in [-0.3, -0.25) is 4.79 Å². The van der Waals surface area contributed by atoms with Crippen LogP contribution in [0.15, 0.2) is 30.5 Å². The molecule has 130 valence electrons. The van der Waals surface area contributed by atoms with Gasteiger partial charge < -0.3 is 15.2 Å². The average molecular weight is 348 g/mol. The van der Waals surface area contributed by atoms with E-state index in [9.17, 15) is 9.90 Å². The second kappa shape index (κ2) is 7.77. The Morgan fingerprint density at radius 1 is 1.38 bits per heavy atom.